The van der Waals surface area contributed by atoms with Crippen LogP contribution in [0.3, 0.4) is 0 Å². The maximum absolute atomic E-state index is 12.9. The molecular weight excluding hydrogens is 383 g/mol. The summed E-state index contributed by atoms with van der Waals surface area (Å²) < 4.78 is 13.9. The van der Waals surface area contributed by atoms with Crippen molar-refractivity contribution in [3.63, 3.8) is 0 Å². The van der Waals surface area contributed by atoms with Crippen LogP contribution in [-0.4, -0.2) is 37.0 Å². The van der Waals surface area contributed by atoms with Crippen LogP contribution in [0.2, 0.25) is 0 Å². The molecule has 0 aliphatic heterocycles. The molecule has 0 aliphatic rings. The molecule has 1 amide bonds. The third kappa shape index (κ3) is 6.59. The monoisotopic (exact) mass is 406 g/mol. The molecule has 0 bridgehead atoms. The van der Waals surface area contributed by atoms with E-state index in [1.54, 1.807) is 12.1 Å². The third-order valence-corrected chi connectivity index (χ3v) is 4.86. The van der Waals surface area contributed by atoms with E-state index in [-0.39, 0.29) is 17.8 Å². The first kappa shape index (κ1) is 19.6. The number of amides is 1. The van der Waals surface area contributed by atoms with Gasteiger partial charge in [-0.25, -0.2) is 4.39 Å². The summed E-state index contributed by atoms with van der Waals surface area (Å²) in [7, 11) is 1.96. The standard InChI is InChI=1S/C20H24BrFN2O/c1-15(24(2)14-12-17-3-7-18(21)8-4-17)20(25)23-13-11-16-5-9-19(22)10-6-16/h3-10,15H,11-14H2,1-2H3,(H,23,25). The Morgan fingerprint density at radius 3 is 2.28 bits per heavy atom. The van der Waals surface area contributed by atoms with Crippen molar-refractivity contribution in [2.24, 2.45) is 0 Å². The Balaban J connectivity index is 1.72. The van der Waals surface area contributed by atoms with Gasteiger partial charge in [0, 0.05) is 17.6 Å². The smallest absolute Gasteiger partial charge is 0.237 e. The molecule has 0 heterocycles. The average Bonchev–Trinajstić information content (AvgIpc) is 2.62. The van der Waals surface area contributed by atoms with Crippen LogP contribution in [0.15, 0.2) is 53.0 Å². The second-order valence-electron chi connectivity index (χ2n) is 6.20. The summed E-state index contributed by atoms with van der Waals surface area (Å²) in [6.07, 6.45) is 1.60. The predicted octanol–water partition coefficient (Wildman–Crippen LogP) is 3.81. The van der Waals surface area contributed by atoms with Crippen molar-refractivity contribution in [2.45, 2.75) is 25.8 Å². The highest BCUT2D eigenvalue weighted by Crippen LogP contribution is 2.11. The van der Waals surface area contributed by atoms with Crippen LogP contribution in [0.4, 0.5) is 4.39 Å². The Hall–Kier alpha value is -1.72. The van der Waals surface area contributed by atoms with Crippen molar-refractivity contribution in [3.05, 3.63) is 69.9 Å². The van der Waals surface area contributed by atoms with Gasteiger partial charge in [-0.2, -0.15) is 0 Å². The Morgan fingerprint density at radius 2 is 1.64 bits per heavy atom. The predicted molar refractivity (Wildman–Crippen MR) is 103 cm³/mol. The molecule has 134 valence electrons. The molecule has 25 heavy (non-hydrogen) atoms. The number of nitrogens with zero attached hydrogens (tertiary/aromatic N) is 1. The van der Waals surface area contributed by atoms with Crippen LogP contribution < -0.4 is 5.32 Å². The van der Waals surface area contributed by atoms with Gasteiger partial charge < -0.3 is 5.32 Å². The number of benzene rings is 2. The lowest BCUT2D eigenvalue weighted by Gasteiger charge is -2.24. The zero-order valence-corrected chi connectivity index (χ0v) is 16.2. The number of carbonyl (C=O) groups excluding carboxylic acids is 1. The van der Waals surface area contributed by atoms with Crippen molar-refractivity contribution in [1.29, 1.82) is 0 Å². The van der Waals surface area contributed by atoms with Crippen molar-refractivity contribution in [3.8, 4) is 0 Å². The molecule has 0 saturated carbocycles. The van der Waals surface area contributed by atoms with Crippen LogP contribution in [0.25, 0.3) is 0 Å². The Morgan fingerprint density at radius 1 is 1.08 bits per heavy atom. The highest BCUT2D eigenvalue weighted by molar-refractivity contribution is 9.10. The van der Waals surface area contributed by atoms with Crippen molar-refractivity contribution < 1.29 is 9.18 Å². The minimum atomic E-state index is -0.242. The summed E-state index contributed by atoms with van der Waals surface area (Å²) in [6, 6.07) is 14.4. The zero-order valence-electron chi connectivity index (χ0n) is 14.6. The molecule has 5 heteroatoms. The van der Waals surface area contributed by atoms with Crippen LogP contribution in [0.1, 0.15) is 18.1 Å². The normalized spacial score (nSPS) is 12.2. The van der Waals surface area contributed by atoms with Gasteiger partial charge in [-0.1, -0.05) is 40.2 Å². The van der Waals surface area contributed by atoms with E-state index in [0.29, 0.717) is 13.0 Å². The molecule has 0 aromatic heterocycles. The molecule has 1 N–H and O–H groups in total. The van der Waals surface area contributed by atoms with Crippen molar-refractivity contribution in [2.75, 3.05) is 20.1 Å². The van der Waals surface area contributed by atoms with Gasteiger partial charge in [-0.15, -0.1) is 0 Å². The number of carbonyl (C=O) groups is 1. The van der Waals surface area contributed by atoms with Gasteiger partial charge in [0.1, 0.15) is 5.82 Å². The van der Waals surface area contributed by atoms with Gasteiger partial charge in [0.15, 0.2) is 0 Å². The molecule has 0 saturated heterocycles. The SMILES string of the molecule is CC(C(=O)NCCc1ccc(F)cc1)N(C)CCc1ccc(Br)cc1. The molecule has 2 aromatic rings. The highest BCUT2D eigenvalue weighted by Gasteiger charge is 2.17. The summed E-state index contributed by atoms with van der Waals surface area (Å²) in [5.41, 5.74) is 2.26. The summed E-state index contributed by atoms with van der Waals surface area (Å²) in [4.78, 5) is 14.3. The minimum absolute atomic E-state index is 0.0143. The molecular formula is C20H24BrFN2O. The third-order valence-electron chi connectivity index (χ3n) is 4.33. The molecule has 0 spiro atoms. The number of rotatable bonds is 8. The molecule has 1 atom stereocenters. The van der Waals surface area contributed by atoms with Crippen molar-refractivity contribution >= 4 is 21.8 Å². The lowest BCUT2D eigenvalue weighted by Crippen LogP contribution is -2.44. The second-order valence-corrected chi connectivity index (χ2v) is 7.12. The number of halogens is 2. The molecule has 0 aliphatic carbocycles. The topological polar surface area (TPSA) is 32.3 Å². The van der Waals surface area contributed by atoms with E-state index >= 15 is 0 Å². The van der Waals surface area contributed by atoms with Gasteiger partial charge in [-0.3, -0.25) is 9.69 Å². The van der Waals surface area contributed by atoms with E-state index in [4.69, 9.17) is 0 Å². The van der Waals surface area contributed by atoms with Crippen molar-refractivity contribution in [1.82, 2.24) is 10.2 Å². The van der Waals surface area contributed by atoms with E-state index in [0.717, 1.165) is 23.0 Å². The first-order chi connectivity index (χ1) is 12.0. The highest BCUT2D eigenvalue weighted by atomic mass is 79.9. The molecule has 0 radical (unpaired) electrons. The number of nitrogens with one attached hydrogen (secondary N) is 1. The first-order valence-corrected chi connectivity index (χ1v) is 9.22. The maximum atomic E-state index is 12.9. The Labute approximate surface area is 157 Å². The summed E-state index contributed by atoms with van der Waals surface area (Å²) in [5.74, 6) is -0.228. The molecule has 3 nitrogen and oxygen atoms in total. The lowest BCUT2D eigenvalue weighted by molar-refractivity contribution is -0.125. The molecule has 0 fully saturated rings. The summed E-state index contributed by atoms with van der Waals surface area (Å²) in [6.45, 7) is 3.28. The van der Waals surface area contributed by atoms with Gasteiger partial charge in [0.05, 0.1) is 6.04 Å². The number of likely N-dealkylation sites (N-methyl/N-ethyl adjacent to an activating group) is 1. The van der Waals surface area contributed by atoms with Crippen LogP contribution in [-0.2, 0) is 17.6 Å². The first-order valence-electron chi connectivity index (χ1n) is 8.42. The van der Waals surface area contributed by atoms with E-state index in [2.05, 4.69) is 38.3 Å². The number of hydrogen-bond donors (Lipinski definition) is 1. The summed E-state index contributed by atoms with van der Waals surface area (Å²) >= 11 is 3.43. The number of hydrogen-bond acceptors (Lipinski definition) is 2. The van der Waals surface area contributed by atoms with E-state index in [1.807, 2.05) is 26.1 Å². The Kier molecular flexibility index (Phi) is 7.59. The Bertz CT molecular complexity index is 673. The molecule has 1 unspecified atom stereocenters. The van der Waals surface area contributed by atoms with E-state index < -0.39 is 0 Å². The van der Waals surface area contributed by atoms with Crippen LogP contribution >= 0.6 is 15.9 Å². The fourth-order valence-corrected chi connectivity index (χ4v) is 2.74. The van der Waals surface area contributed by atoms with Gasteiger partial charge in [-0.05, 0) is 62.2 Å². The lowest BCUT2D eigenvalue weighted by atomic mass is 10.1. The maximum Gasteiger partial charge on any atom is 0.237 e. The largest absolute Gasteiger partial charge is 0.354 e. The van der Waals surface area contributed by atoms with E-state index in [9.17, 15) is 9.18 Å². The van der Waals surface area contributed by atoms with Gasteiger partial charge in [0.25, 0.3) is 0 Å². The van der Waals surface area contributed by atoms with E-state index in [1.165, 1.54) is 17.7 Å². The minimum Gasteiger partial charge on any atom is -0.354 e. The van der Waals surface area contributed by atoms with Gasteiger partial charge >= 0.3 is 0 Å². The molecule has 2 rings (SSSR count). The zero-order chi connectivity index (χ0) is 18.2. The molecule has 2 aromatic carbocycles. The quantitative estimate of drug-likeness (QED) is 0.722. The van der Waals surface area contributed by atoms with Crippen LogP contribution in [0, 0.1) is 5.82 Å². The fourth-order valence-electron chi connectivity index (χ4n) is 2.48. The second kappa shape index (κ2) is 9.68. The summed E-state index contributed by atoms with van der Waals surface area (Å²) in [5, 5.41) is 2.95. The van der Waals surface area contributed by atoms with Crippen LogP contribution in [0.5, 0.6) is 0 Å². The fraction of sp³-hybridized carbons (Fsp3) is 0.350. The van der Waals surface area contributed by atoms with Gasteiger partial charge in [0.2, 0.25) is 5.91 Å². The average molecular weight is 407 g/mol.